The number of esters is 1. The highest BCUT2D eigenvalue weighted by Gasteiger charge is 2.36. The van der Waals surface area contributed by atoms with Gasteiger partial charge in [-0.3, -0.25) is 4.90 Å². The van der Waals surface area contributed by atoms with Crippen LogP contribution < -0.4 is 24.4 Å². The lowest BCUT2D eigenvalue weighted by Crippen LogP contribution is -2.48. The number of allylic oxidation sites excluding steroid dienone is 1. The van der Waals surface area contributed by atoms with Gasteiger partial charge >= 0.3 is 5.97 Å². The Hall–Kier alpha value is -3.26. The van der Waals surface area contributed by atoms with E-state index in [0.717, 1.165) is 22.4 Å². The number of nitrogens with zero attached hydrogens (tertiary/aromatic N) is 1. The monoisotopic (exact) mass is 456 g/mol. The number of hydrogen-bond acceptors (Lipinski definition) is 6. The van der Waals surface area contributed by atoms with Gasteiger partial charge in [0.2, 0.25) is 5.75 Å². The SMILES string of the molecule is COC(=O)C1=C(C)N(c2cc(C)cc(C)c2)C(=S)NC1c1cc(OC)c(OC)c(OC)c1. The number of carbonyl (C=O) groups excluding carboxylic acids is 1. The lowest BCUT2D eigenvalue weighted by Gasteiger charge is -2.37. The fourth-order valence-corrected chi connectivity index (χ4v) is 4.39. The first-order valence-electron chi connectivity index (χ1n) is 10.0. The van der Waals surface area contributed by atoms with Gasteiger partial charge in [-0.2, -0.15) is 0 Å². The van der Waals surface area contributed by atoms with E-state index in [-0.39, 0.29) is 0 Å². The smallest absolute Gasteiger partial charge is 0.337 e. The minimum atomic E-state index is -0.564. The largest absolute Gasteiger partial charge is 0.493 e. The molecule has 0 aliphatic carbocycles. The van der Waals surface area contributed by atoms with E-state index >= 15 is 0 Å². The fraction of sp³-hybridized carbons (Fsp3) is 0.333. The number of methoxy groups -OCH3 is 4. The van der Waals surface area contributed by atoms with Crippen LogP contribution in [-0.4, -0.2) is 39.5 Å². The molecular weight excluding hydrogens is 428 g/mol. The molecule has 0 spiro atoms. The molecule has 1 aliphatic heterocycles. The van der Waals surface area contributed by atoms with Crippen molar-refractivity contribution in [2.24, 2.45) is 0 Å². The highest BCUT2D eigenvalue weighted by Crippen LogP contribution is 2.42. The summed E-state index contributed by atoms with van der Waals surface area (Å²) in [6, 6.07) is 9.17. The minimum Gasteiger partial charge on any atom is -0.493 e. The van der Waals surface area contributed by atoms with Crippen LogP contribution >= 0.6 is 12.2 Å². The molecule has 0 fully saturated rings. The van der Waals surface area contributed by atoms with Gasteiger partial charge in [0.25, 0.3) is 0 Å². The van der Waals surface area contributed by atoms with Gasteiger partial charge in [0.1, 0.15) is 0 Å². The quantitative estimate of drug-likeness (QED) is 0.512. The lowest BCUT2D eigenvalue weighted by atomic mass is 9.94. The van der Waals surface area contributed by atoms with E-state index in [9.17, 15) is 4.79 Å². The second-order valence-corrected chi connectivity index (χ2v) is 7.90. The first kappa shape index (κ1) is 23.4. The van der Waals surface area contributed by atoms with Crippen LogP contribution in [0.5, 0.6) is 17.2 Å². The number of thiocarbonyl (C=S) groups is 1. The fourth-order valence-electron chi connectivity index (χ4n) is 4.03. The highest BCUT2D eigenvalue weighted by molar-refractivity contribution is 7.80. The zero-order valence-electron chi connectivity index (χ0n) is 19.4. The summed E-state index contributed by atoms with van der Waals surface area (Å²) in [5, 5.41) is 3.77. The normalized spacial score (nSPS) is 15.9. The highest BCUT2D eigenvalue weighted by atomic mass is 32.1. The van der Waals surface area contributed by atoms with Crippen molar-refractivity contribution in [1.29, 1.82) is 0 Å². The predicted molar refractivity (Wildman–Crippen MR) is 128 cm³/mol. The van der Waals surface area contributed by atoms with Gasteiger partial charge in [0, 0.05) is 11.4 Å². The maximum absolute atomic E-state index is 12.9. The first-order valence-corrected chi connectivity index (χ1v) is 10.4. The van der Waals surface area contributed by atoms with E-state index in [4.69, 9.17) is 31.2 Å². The maximum atomic E-state index is 12.9. The van der Waals surface area contributed by atoms with E-state index in [2.05, 4.69) is 11.4 Å². The number of aryl methyl sites for hydroxylation is 2. The molecule has 0 saturated heterocycles. The summed E-state index contributed by atoms with van der Waals surface area (Å²) in [6.07, 6.45) is 0. The van der Waals surface area contributed by atoms with Gasteiger partial charge < -0.3 is 24.3 Å². The number of benzene rings is 2. The Bertz CT molecular complexity index is 1050. The Morgan fingerprint density at radius 3 is 1.94 bits per heavy atom. The summed E-state index contributed by atoms with van der Waals surface area (Å²) in [5.41, 5.74) is 4.92. The molecule has 0 bridgehead atoms. The molecule has 0 saturated carbocycles. The van der Waals surface area contributed by atoms with Crippen molar-refractivity contribution in [2.75, 3.05) is 33.3 Å². The molecule has 2 aromatic rings. The average molecular weight is 457 g/mol. The van der Waals surface area contributed by atoms with Crippen molar-refractivity contribution in [2.45, 2.75) is 26.8 Å². The third-order valence-corrected chi connectivity index (χ3v) is 5.68. The van der Waals surface area contributed by atoms with Gasteiger partial charge in [-0.25, -0.2) is 4.79 Å². The summed E-state index contributed by atoms with van der Waals surface area (Å²) in [5.74, 6) is 0.973. The second-order valence-electron chi connectivity index (χ2n) is 7.51. The summed E-state index contributed by atoms with van der Waals surface area (Å²) in [7, 11) is 6.00. The third-order valence-electron chi connectivity index (χ3n) is 5.38. The molecule has 0 amide bonds. The molecule has 3 rings (SSSR count). The molecule has 1 N–H and O–H groups in total. The second kappa shape index (κ2) is 9.48. The van der Waals surface area contributed by atoms with E-state index in [1.807, 2.05) is 37.8 Å². The number of hydrogen-bond donors (Lipinski definition) is 1. The molecule has 32 heavy (non-hydrogen) atoms. The molecule has 1 atom stereocenters. The van der Waals surface area contributed by atoms with Crippen LogP contribution in [0.1, 0.15) is 29.7 Å². The number of nitrogens with one attached hydrogen (secondary N) is 1. The van der Waals surface area contributed by atoms with Gasteiger partial charge in [-0.15, -0.1) is 0 Å². The molecule has 1 aliphatic rings. The number of ether oxygens (including phenoxy) is 4. The van der Waals surface area contributed by atoms with Crippen molar-refractivity contribution in [3.05, 3.63) is 58.3 Å². The molecule has 1 unspecified atom stereocenters. The van der Waals surface area contributed by atoms with Crippen LogP contribution in [0.3, 0.4) is 0 Å². The summed E-state index contributed by atoms with van der Waals surface area (Å²) in [6.45, 7) is 5.91. The first-order chi connectivity index (χ1) is 15.2. The molecule has 2 aromatic carbocycles. The number of carbonyl (C=O) groups is 1. The molecule has 1 heterocycles. The van der Waals surface area contributed by atoms with Crippen molar-refractivity contribution in [3.8, 4) is 17.2 Å². The summed E-state index contributed by atoms with van der Waals surface area (Å²) >= 11 is 5.74. The molecule has 7 nitrogen and oxygen atoms in total. The van der Waals surface area contributed by atoms with Gasteiger partial charge in [-0.05, 0) is 73.9 Å². The zero-order valence-corrected chi connectivity index (χ0v) is 20.2. The standard InChI is InChI=1S/C24H28N2O5S/c1-13-8-14(2)10-17(9-13)26-15(3)20(23(27)31-7)21(25-24(26)32)16-11-18(28-4)22(30-6)19(12-16)29-5/h8-12,21H,1-7H3,(H,25,32). The van der Waals surface area contributed by atoms with Gasteiger partial charge in [0.15, 0.2) is 16.6 Å². The topological polar surface area (TPSA) is 69.3 Å². The number of anilines is 1. The third kappa shape index (κ3) is 4.23. The Kier molecular flexibility index (Phi) is 6.93. The van der Waals surface area contributed by atoms with Crippen molar-refractivity contribution < 1.29 is 23.7 Å². The van der Waals surface area contributed by atoms with Crippen molar-refractivity contribution >= 4 is 29.0 Å². The Balaban J connectivity index is 2.21. The number of rotatable bonds is 6. The molecule has 8 heteroatoms. The van der Waals surface area contributed by atoms with Crippen LogP contribution in [0.4, 0.5) is 5.69 Å². The maximum Gasteiger partial charge on any atom is 0.337 e. The molecule has 0 aromatic heterocycles. The van der Waals surface area contributed by atoms with E-state index in [0.29, 0.717) is 33.6 Å². The van der Waals surface area contributed by atoms with E-state index < -0.39 is 12.0 Å². The molecule has 0 radical (unpaired) electrons. The van der Waals surface area contributed by atoms with Crippen LogP contribution in [0, 0.1) is 13.8 Å². The van der Waals surface area contributed by atoms with Crippen LogP contribution in [0.25, 0.3) is 0 Å². The Labute approximate surface area is 193 Å². The van der Waals surface area contributed by atoms with Crippen LogP contribution in [-0.2, 0) is 9.53 Å². The van der Waals surface area contributed by atoms with Gasteiger partial charge in [-0.1, -0.05) is 6.07 Å². The summed E-state index contributed by atoms with van der Waals surface area (Å²) < 4.78 is 21.6. The van der Waals surface area contributed by atoms with Crippen LogP contribution in [0.15, 0.2) is 41.6 Å². The van der Waals surface area contributed by atoms with Crippen molar-refractivity contribution in [1.82, 2.24) is 5.32 Å². The van der Waals surface area contributed by atoms with Crippen LogP contribution in [0.2, 0.25) is 0 Å². The van der Waals surface area contributed by atoms with E-state index in [1.165, 1.54) is 7.11 Å². The van der Waals surface area contributed by atoms with Gasteiger partial charge in [0.05, 0.1) is 40.1 Å². The Morgan fingerprint density at radius 1 is 0.906 bits per heavy atom. The van der Waals surface area contributed by atoms with E-state index in [1.54, 1.807) is 33.5 Å². The summed E-state index contributed by atoms with van der Waals surface area (Å²) in [4.78, 5) is 14.8. The zero-order chi connectivity index (χ0) is 23.6. The Morgan fingerprint density at radius 2 is 1.47 bits per heavy atom. The van der Waals surface area contributed by atoms with Crippen molar-refractivity contribution in [3.63, 3.8) is 0 Å². The average Bonchev–Trinajstić information content (AvgIpc) is 2.76. The lowest BCUT2D eigenvalue weighted by molar-refractivity contribution is -0.136. The minimum absolute atomic E-state index is 0.439. The predicted octanol–water partition coefficient (Wildman–Crippen LogP) is 4.21. The molecular formula is C24H28N2O5S. The molecule has 170 valence electrons.